The molecular weight excluding hydrogens is 410 g/mol. The van der Waals surface area contributed by atoms with Crippen molar-refractivity contribution in [3.63, 3.8) is 0 Å². The van der Waals surface area contributed by atoms with Crippen molar-refractivity contribution in [3.05, 3.63) is 90.7 Å². The van der Waals surface area contributed by atoms with Gasteiger partial charge in [0.15, 0.2) is 0 Å². The summed E-state index contributed by atoms with van der Waals surface area (Å²) in [6.45, 7) is 6.25. The summed E-state index contributed by atoms with van der Waals surface area (Å²) in [6, 6.07) is 14.9. The predicted octanol–water partition coefficient (Wildman–Crippen LogP) is 5.53. The summed E-state index contributed by atoms with van der Waals surface area (Å²) in [6.07, 6.45) is 10.4. The van der Waals surface area contributed by atoms with Crippen LogP contribution in [0.5, 0.6) is 0 Å². The number of aromatic amines is 2. The van der Waals surface area contributed by atoms with Crippen LogP contribution in [0.15, 0.2) is 84.4 Å². The maximum Gasteiger partial charge on any atom is 0.125 e. The molecule has 166 valence electrons. The Hall–Kier alpha value is -4.13. The highest BCUT2D eigenvalue weighted by molar-refractivity contribution is 6.05. The molecule has 0 saturated heterocycles. The lowest BCUT2D eigenvalue weighted by Gasteiger charge is -2.20. The molecule has 1 aliphatic rings. The third kappa shape index (κ3) is 5.03. The maximum atomic E-state index is 4.98. The van der Waals surface area contributed by atoms with Gasteiger partial charge in [-0.1, -0.05) is 24.3 Å². The fourth-order valence-electron chi connectivity index (χ4n) is 4.15. The van der Waals surface area contributed by atoms with Gasteiger partial charge in [0.25, 0.3) is 0 Å². The van der Waals surface area contributed by atoms with Crippen LogP contribution < -0.4 is 10.6 Å². The molecule has 4 N–H and O–H groups in total. The minimum absolute atomic E-state index is 0.255. The quantitative estimate of drug-likeness (QED) is 0.306. The summed E-state index contributed by atoms with van der Waals surface area (Å²) in [5.74, 6) is 0.914. The predicted molar refractivity (Wildman–Crippen MR) is 135 cm³/mol. The van der Waals surface area contributed by atoms with Crippen LogP contribution in [-0.4, -0.2) is 32.0 Å². The normalized spacial score (nSPS) is 15.7. The standard InChI is InChI=1S/C26H27N7/c1-17-10-22(31-26(11-17)32-23-8-9-24-20(13-23)14-29-33-24)7-6-19-4-3-5-21(12-19)30-18(2)25-15-27-16-28-25/h3-5,8-9,11-16,22,30H,2,6-7,10H2,1H3,(H,27,28)(H,29,33)(H,31,32). The zero-order chi connectivity index (χ0) is 22.6. The first-order valence-corrected chi connectivity index (χ1v) is 11.1. The van der Waals surface area contributed by atoms with Crippen molar-refractivity contribution in [3.8, 4) is 0 Å². The molecule has 7 heteroatoms. The molecular formula is C26H27N7. The van der Waals surface area contributed by atoms with Crippen LogP contribution in [-0.2, 0) is 6.42 Å². The second kappa shape index (κ2) is 9.16. The van der Waals surface area contributed by atoms with Crippen LogP contribution in [0.4, 0.5) is 11.4 Å². The number of hydrogen-bond donors (Lipinski definition) is 4. The average Bonchev–Trinajstić information content (AvgIpc) is 3.50. The first kappa shape index (κ1) is 20.8. The number of nitrogens with zero attached hydrogens (tertiary/aromatic N) is 3. The smallest absolute Gasteiger partial charge is 0.125 e. The monoisotopic (exact) mass is 437 g/mol. The molecule has 1 unspecified atom stereocenters. The lowest BCUT2D eigenvalue weighted by atomic mass is 9.97. The topological polar surface area (TPSA) is 93.8 Å². The lowest BCUT2D eigenvalue weighted by molar-refractivity contribution is 0.605. The van der Waals surface area contributed by atoms with Crippen molar-refractivity contribution in [2.75, 3.05) is 10.6 Å². The molecule has 4 aromatic rings. The van der Waals surface area contributed by atoms with Gasteiger partial charge in [-0.2, -0.15) is 5.10 Å². The number of anilines is 2. The van der Waals surface area contributed by atoms with Crippen molar-refractivity contribution >= 4 is 33.8 Å². The largest absolute Gasteiger partial charge is 0.354 e. The number of benzene rings is 2. The molecule has 0 bridgehead atoms. The van der Waals surface area contributed by atoms with Gasteiger partial charge in [0.2, 0.25) is 0 Å². The fourth-order valence-corrected chi connectivity index (χ4v) is 4.15. The molecule has 5 rings (SSSR count). The third-order valence-electron chi connectivity index (χ3n) is 5.77. The first-order chi connectivity index (χ1) is 16.1. The molecule has 7 nitrogen and oxygen atoms in total. The number of imidazole rings is 1. The van der Waals surface area contributed by atoms with E-state index in [2.05, 4.69) is 74.6 Å². The SMILES string of the molecule is C=C(Nc1cccc(CCC2CC(C)=CC(Nc3ccc4[nH]ncc4c3)=N2)c1)c1c[nH]cn1. The van der Waals surface area contributed by atoms with E-state index in [9.17, 15) is 0 Å². The van der Waals surface area contributed by atoms with Crippen molar-refractivity contribution in [1.29, 1.82) is 0 Å². The van der Waals surface area contributed by atoms with Gasteiger partial charge >= 0.3 is 0 Å². The zero-order valence-electron chi connectivity index (χ0n) is 18.6. The minimum Gasteiger partial charge on any atom is -0.354 e. The van der Waals surface area contributed by atoms with Crippen molar-refractivity contribution in [2.24, 2.45) is 4.99 Å². The summed E-state index contributed by atoms with van der Waals surface area (Å²) in [5, 5.41) is 15.0. The van der Waals surface area contributed by atoms with Gasteiger partial charge in [0.05, 0.1) is 29.8 Å². The molecule has 0 saturated carbocycles. The number of aliphatic imine (C=N–C) groups is 1. The van der Waals surface area contributed by atoms with Crippen molar-refractivity contribution < 1.29 is 0 Å². The Morgan fingerprint density at radius 1 is 1.18 bits per heavy atom. The number of dihydropyridines is 1. The lowest BCUT2D eigenvalue weighted by Crippen LogP contribution is -2.20. The Morgan fingerprint density at radius 3 is 3.00 bits per heavy atom. The summed E-state index contributed by atoms with van der Waals surface area (Å²) in [4.78, 5) is 12.2. The summed E-state index contributed by atoms with van der Waals surface area (Å²) >= 11 is 0. The zero-order valence-corrected chi connectivity index (χ0v) is 18.6. The molecule has 0 amide bonds. The maximum absolute atomic E-state index is 4.98. The second-order valence-corrected chi connectivity index (χ2v) is 8.46. The van der Waals surface area contributed by atoms with Crippen LogP contribution in [0.3, 0.4) is 0 Å². The van der Waals surface area contributed by atoms with E-state index in [4.69, 9.17) is 4.99 Å². The van der Waals surface area contributed by atoms with Gasteiger partial charge in [-0.05, 0) is 68.2 Å². The van der Waals surface area contributed by atoms with Gasteiger partial charge < -0.3 is 15.6 Å². The summed E-state index contributed by atoms with van der Waals surface area (Å²) in [5.41, 5.74) is 7.26. The number of nitrogens with one attached hydrogen (secondary N) is 4. The van der Waals surface area contributed by atoms with E-state index in [1.165, 1.54) is 11.1 Å². The van der Waals surface area contributed by atoms with E-state index in [-0.39, 0.29) is 6.04 Å². The molecule has 0 radical (unpaired) electrons. The number of hydrogen-bond acceptors (Lipinski definition) is 5. The van der Waals surface area contributed by atoms with Crippen LogP contribution in [0.2, 0.25) is 0 Å². The minimum atomic E-state index is 0.255. The average molecular weight is 438 g/mol. The van der Waals surface area contributed by atoms with E-state index in [0.717, 1.165) is 58.8 Å². The molecule has 33 heavy (non-hydrogen) atoms. The highest BCUT2D eigenvalue weighted by Crippen LogP contribution is 2.23. The Kier molecular flexibility index (Phi) is 5.76. The highest BCUT2D eigenvalue weighted by Gasteiger charge is 2.15. The van der Waals surface area contributed by atoms with Crippen LogP contribution >= 0.6 is 0 Å². The van der Waals surface area contributed by atoms with Crippen LogP contribution in [0.1, 0.15) is 31.0 Å². The highest BCUT2D eigenvalue weighted by atomic mass is 15.1. The van der Waals surface area contributed by atoms with Gasteiger partial charge in [0, 0.05) is 23.0 Å². The molecule has 2 aromatic heterocycles. The van der Waals surface area contributed by atoms with Gasteiger partial charge in [0.1, 0.15) is 11.5 Å². The molecule has 1 atom stereocenters. The summed E-state index contributed by atoms with van der Waals surface area (Å²) in [7, 11) is 0. The molecule has 0 fully saturated rings. The Labute approximate surface area is 192 Å². The van der Waals surface area contributed by atoms with Crippen molar-refractivity contribution in [2.45, 2.75) is 32.2 Å². The Morgan fingerprint density at radius 2 is 2.12 bits per heavy atom. The number of aromatic nitrogens is 4. The Balaban J connectivity index is 1.22. The van der Waals surface area contributed by atoms with E-state index in [0.29, 0.717) is 0 Å². The molecule has 1 aliphatic heterocycles. The molecule has 0 aliphatic carbocycles. The molecule has 0 spiro atoms. The fraction of sp³-hybridized carbons (Fsp3) is 0.192. The van der Waals surface area contributed by atoms with Crippen LogP contribution in [0.25, 0.3) is 16.6 Å². The summed E-state index contributed by atoms with van der Waals surface area (Å²) < 4.78 is 0. The van der Waals surface area contributed by atoms with Gasteiger partial charge in [-0.25, -0.2) is 4.98 Å². The molecule has 2 aromatic carbocycles. The number of H-pyrrole nitrogens is 2. The number of rotatable bonds is 7. The van der Waals surface area contributed by atoms with E-state index < -0.39 is 0 Å². The second-order valence-electron chi connectivity index (χ2n) is 8.46. The number of aryl methyl sites for hydroxylation is 1. The van der Waals surface area contributed by atoms with Gasteiger partial charge in [-0.15, -0.1) is 0 Å². The Bertz CT molecular complexity index is 1330. The number of fused-ring (bicyclic) bond motifs is 1. The van der Waals surface area contributed by atoms with E-state index >= 15 is 0 Å². The first-order valence-electron chi connectivity index (χ1n) is 11.1. The van der Waals surface area contributed by atoms with E-state index in [1.54, 1.807) is 6.33 Å². The van der Waals surface area contributed by atoms with Gasteiger partial charge in [-0.3, -0.25) is 10.1 Å². The van der Waals surface area contributed by atoms with Crippen molar-refractivity contribution in [1.82, 2.24) is 20.2 Å². The number of amidine groups is 1. The molecule has 3 heterocycles. The van der Waals surface area contributed by atoms with E-state index in [1.807, 2.05) is 30.6 Å². The van der Waals surface area contributed by atoms with Crippen LogP contribution in [0, 0.1) is 0 Å². The third-order valence-corrected chi connectivity index (χ3v) is 5.77.